The average molecular weight is 239 g/mol. The van der Waals surface area contributed by atoms with Crippen molar-refractivity contribution in [1.82, 2.24) is 9.80 Å². The van der Waals surface area contributed by atoms with Crippen LogP contribution in [0.15, 0.2) is 0 Å². The fourth-order valence-electron chi connectivity index (χ4n) is 3.60. The molecule has 1 saturated heterocycles. The summed E-state index contributed by atoms with van der Waals surface area (Å²) in [6.45, 7) is 6.04. The van der Waals surface area contributed by atoms with Gasteiger partial charge in [-0.1, -0.05) is 13.3 Å². The second-order valence-corrected chi connectivity index (χ2v) is 5.94. The van der Waals surface area contributed by atoms with Crippen molar-refractivity contribution in [3.8, 4) is 0 Å². The van der Waals surface area contributed by atoms with E-state index >= 15 is 0 Å². The molecule has 3 atom stereocenters. The predicted octanol–water partition coefficient (Wildman–Crippen LogP) is 1.67. The Kier molecular flexibility index (Phi) is 4.83. The third kappa shape index (κ3) is 3.43. The molecule has 2 N–H and O–H groups in total. The van der Waals surface area contributed by atoms with Crippen molar-refractivity contribution in [1.29, 1.82) is 0 Å². The summed E-state index contributed by atoms with van der Waals surface area (Å²) in [6, 6.07) is 1.98. The highest BCUT2D eigenvalue weighted by molar-refractivity contribution is 4.85. The predicted molar refractivity (Wildman–Crippen MR) is 73.1 cm³/mol. The largest absolute Gasteiger partial charge is 0.328 e. The van der Waals surface area contributed by atoms with Crippen LogP contribution in [-0.2, 0) is 0 Å². The van der Waals surface area contributed by atoms with Crippen molar-refractivity contribution >= 4 is 0 Å². The maximum absolute atomic E-state index is 6.09. The zero-order chi connectivity index (χ0) is 12.3. The molecule has 1 heterocycles. The molecule has 2 aliphatic rings. The third-order valence-electron chi connectivity index (χ3n) is 4.71. The van der Waals surface area contributed by atoms with Gasteiger partial charge in [-0.2, -0.15) is 0 Å². The molecule has 100 valence electrons. The van der Waals surface area contributed by atoms with Crippen LogP contribution in [0, 0.1) is 0 Å². The molecule has 1 aliphatic carbocycles. The van der Waals surface area contributed by atoms with E-state index in [4.69, 9.17) is 5.73 Å². The normalized spacial score (nSPS) is 35.6. The van der Waals surface area contributed by atoms with E-state index in [0.717, 1.165) is 12.1 Å². The van der Waals surface area contributed by atoms with Gasteiger partial charge >= 0.3 is 0 Å². The van der Waals surface area contributed by atoms with Crippen LogP contribution in [0.3, 0.4) is 0 Å². The Morgan fingerprint density at radius 2 is 2.06 bits per heavy atom. The van der Waals surface area contributed by atoms with E-state index in [1.807, 2.05) is 0 Å². The average Bonchev–Trinajstić information content (AvgIpc) is 2.76. The van der Waals surface area contributed by atoms with Gasteiger partial charge in [-0.05, 0) is 52.2 Å². The van der Waals surface area contributed by atoms with E-state index in [1.54, 1.807) is 0 Å². The molecule has 0 radical (unpaired) electrons. The van der Waals surface area contributed by atoms with Crippen molar-refractivity contribution in [2.45, 2.75) is 63.6 Å². The molecule has 3 heteroatoms. The molecule has 17 heavy (non-hydrogen) atoms. The van der Waals surface area contributed by atoms with Crippen LogP contribution in [0.1, 0.15) is 45.4 Å². The standard InChI is InChI=1S/C14H29N3/c1-3-17-9-5-8-14(17)11-16(2)13-7-4-6-12(15)10-13/h12-14H,3-11,15H2,1-2H3. The minimum atomic E-state index is 0.446. The van der Waals surface area contributed by atoms with E-state index in [-0.39, 0.29) is 0 Å². The lowest BCUT2D eigenvalue weighted by Crippen LogP contribution is -2.46. The Balaban J connectivity index is 1.81. The van der Waals surface area contributed by atoms with Crippen LogP contribution in [0.2, 0.25) is 0 Å². The van der Waals surface area contributed by atoms with E-state index in [9.17, 15) is 0 Å². The van der Waals surface area contributed by atoms with Crippen molar-refractivity contribution in [2.75, 3.05) is 26.7 Å². The molecular formula is C14H29N3. The summed E-state index contributed by atoms with van der Waals surface area (Å²) >= 11 is 0. The highest BCUT2D eigenvalue weighted by atomic mass is 15.2. The van der Waals surface area contributed by atoms with Gasteiger partial charge in [0.2, 0.25) is 0 Å². The number of hydrogen-bond donors (Lipinski definition) is 1. The molecule has 1 aliphatic heterocycles. The summed E-state index contributed by atoms with van der Waals surface area (Å²) < 4.78 is 0. The fourth-order valence-corrected chi connectivity index (χ4v) is 3.60. The Morgan fingerprint density at radius 3 is 2.76 bits per heavy atom. The minimum absolute atomic E-state index is 0.446. The number of rotatable bonds is 4. The highest BCUT2D eigenvalue weighted by Crippen LogP contribution is 2.24. The van der Waals surface area contributed by atoms with Gasteiger partial charge in [0.15, 0.2) is 0 Å². The van der Waals surface area contributed by atoms with Gasteiger partial charge < -0.3 is 10.6 Å². The van der Waals surface area contributed by atoms with Gasteiger partial charge in [0.1, 0.15) is 0 Å². The van der Waals surface area contributed by atoms with Gasteiger partial charge in [0, 0.05) is 24.7 Å². The van der Waals surface area contributed by atoms with Crippen LogP contribution < -0.4 is 5.73 Å². The lowest BCUT2D eigenvalue weighted by molar-refractivity contribution is 0.133. The van der Waals surface area contributed by atoms with Gasteiger partial charge in [0.25, 0.3) is 0 Å². The van der Waals surface area contributed by atoms with Crippen molar-refractivity contribution in [2.24, 2.45) is 5.73 Å². The molecule has 0 aromatic rings. The van der Waals surface area contributed by atoms with Crippen LogP contribution in [0.4, 0.5) is 0 Å². The summed E-state index contributed by atoms with van der Waals surface area (Å²) in [5.41, 5.74) is 6.09. The van der Waals surface area contributed by atoms with E-state index < -0.39 is 0 Å². The summed E-state index contributed by atoms with van der Waals surface area (Å²) in [5, 5.41) is 0. The first-order valence-corrected chi connectivity index (χ1v) is 7.40. The summed E-state index contributed by atoms with van der Waals surface area (Å²) in [5.74, 6) is 0. The molecular weight excluding hydrogens is 210 g/mol. The minimum Gasteiger partial charge on any atom is -0.328 e. The molecule has 0 amide bonds. The monoisotopic (exact) mass is 239 g/mol. The molecule has 3 unspecified atom stereocenters. The van der Waals surface area contributed by atoms with Gasteiger partial charge in [0.05, 0.1) is 0 Å². The molecule has 0 spiro atoms. The van der Waals surface area contributed by atoms with Gasteiger partial charge in [-0.25, -0.2) is 0 Å². The lowest BCUT2D eigenvalue weighted by atomic mass is 9.90. The first kappa shape index (κ1) is 13.3. The first-order valence-electron chi connectivity index (χ1n) is 7.40. The Morgan fingerprint density at radius 1 is 1.24 bits per heavy atom. The Labute approximate surface area is 106 Å². The topological polar surface area (TPSA) is 32.5 Å². The number of likely N-dealkylation sites (tertiary alicyclic amines) is 1. The maximum atomic E-state index is 6.09. The quantitative estimate of drug-likeness (QED) is 0.810. The van der Waals surface area contributed by atoms with Crippen molar-refractivity contribution in [3.63, 3.8) is 0 Å². The lowest BCUT2D eigenvalue weighted by Gasteiger charge is -2.37. The van der Waals surface area contributed by atoms with E-state index in [2.05, 4.69) is 23.8 Å². The third-order valence-corrected chi connectivity index (χ3v) is 4.71. The number of hydrogen-bond acceptors (Lipinski definition) is 3. The van der Waals surface area contributed by atoms with Crippen LogP contribution >= 0.6 is 0 Å². The zero-order valence-electron chi connectivity index (χ0n) is 11.6. The van der Waals surface area contributed by atoms with Crippen LogP contribution in [0.25, 0.3) is 0 Å². The van der Waals surface area contributed by atoms with Gasteiger partial charge in [-0.15, -0.1) is 0 Å². The number of likely N-dealkylation sites (N-methyl/N-ethyl adjacent to an activating group) is 2. The molecule has 2 rings (SSSR count). The van der Waals surface area contributed by atoms with Crippen LogP contribution in [-0.4, -0.2) is 54.6 Å². The fraction of sp³-hybridized carbons (Fsp3) is 1.00. The van der Waals surface area contributed by atoms with Crippen molar-refractivity contribution in [3.05, 3.63) is 0 Å². The first-order chi connectivity index (χ1) is 8.20. The zero-order valence-corrected chi connectivity index (χ0v) is 11.6. The molecule has 0 bridgehead atoms. The Hall–Kier alpha value is -0.120. The van der Waals surface area contributed by atoms with E-state index in [0.29, 0.717) is 6.04 Å². The van der Waals surface area contributed by atoms with Gasteiger partial charge in [-0.3, -0.25) is 4.90 Å². The molecule has 0 aromatic carbocycles. The van der Waals surface area contributed by atoms with E-state index in [1.165, 1.54) is 58.2 Å². The highest BCUT2D eigenvalue weighted by Gasteiger charge is 2.28. The number of nitrogens with zero attached hydrogens (tertiary/aromatic N) is 2. The summed E-state index contributed by atoms with van der Waals surface area (Å²) in [6.07, 6.45) is 7.87. The molecule has 3 nitrogen and oxygen atoms in total. The molecule has 2 fully saturated rings. The van der Waals surface area contributed by atoms with Crippen molar-refractivity contribution < 1.29 is 0 Å². The molecule has 1 saturated carbocycles. The number of nitrogens with two attached hydrogens (primary N) is 1. The van der Waals surface area contributed by atoms with Crippen LogP contribution in [0.5, 0.6) is 0 Å². The SMILES string of the molecule is CCN1CCCC1CN(C)C1CCCC(N)C1. The maximum Gasteiger partial charge on any atom is 0.0223 e. The molecule has 0 aromatic heterocycles. The second-order valence-electron chi connectivity index (χ2n) is 5.94. The Bertz CT molecular complexity index is 232. The summed E-state index contributed by atoms with van der Waals surface area (Å²) in [7, 11) is 2.30. The smallest absolute Gasteiger partial charge is 0.0223 e. The summed E-state index contributed by atoms with van der Waals surface area (Å²) in [4.78, 5) is 5.22. The second kappa shape index (κ2) is 6.17.